The largest absolute Gasteiger partial charge is 0.487 e. The van der Waals surface area contributed by atoms with Crippen molar-refractivity contribution in [2.45, 2.75) is 45.1 Å². The molecule has 182 valence electrons. The van der Waals surface area contributed by atoms with Gasteiger partial charge in [0.05, 0.1) is 6.42 Å². The van der Waals surface area contributed by atoms with Gasteiger partial charge in [-0.15, -0.1) is 0 Å². The molecular weight excluding hydrogens is 445 g/mol. The number of aryl methyl sites for hydroxylation is 1. The molecule has 1 amide bonds. The van der Waals surface area contributed by atoms with E-state index in [4.69, 9.17) is 4.74 Å². The standard InChI is InChI=1S/C29H30FNO4/c1-20-4-3-5-21(14-20)12-13-31(19-28(33)34)27(32)16-23-8-11-26-24(15-23)18-29(2,35-26)17-22-6-9-25(30)10-7-22/h3-11,14-15H,12-13,16-19H2,1-2H3,(H,33,34). The summed E-state index contributed by atoms with van der Waals surface area (Å²) in [5.41, 5.74) is 4.59. The predicted molar refractivity (Wildman–Crippen MR) is 132 cm³/mol. The van der Waals surface area contributed by atoms with Crippen molar-refractivity contribution < 1.29 is 23.8 Å². The first kappa shape index (κ1) is 24.5. The molecule has 1 unspecified atom stereocenters. The fraction of sp³-hybridized carbons (Fsp3) is 0.310. The average molecular weight is 476 g/mol. The summed E-state index contributed by atoms with van der Waals surface area (Å²) < 4.78 is 19.5. The van der Waals surface area contributed by atoms with Gasteiger partial charge in [-0.05, 0) is 60.7 Å². The first-order valence-corrected chi connectivity index (χ1v) is 11.8. The zero-order valence-electron chi connectivity index (χ0n) is 20.1. The SMILES string of the molecule is Cc1cccc(CCN(CC(=O)O)C(=O)Cc2ccc3c(c2)CC(C)(Cc2ccc(F)cc2)O3)c1. The molecule has 0 bridgehead atoms. The van der Waals surface area contributed by atoms with Gasteiger partial charge in [0.1, 0.15) is 23.7 Å². The molecule has 0 aromatic heterocycles. The summed E-state index contributed by atoms with van der Waals surface area (Å²) in [4.78, 5) is 25.8. The molecule has 35 heavy (non-hydrogen) atoms. The van der Waals surface area contributed by atoms with E-state index in [2.05, 4.69) is 0 Å². The van der Waals surface area contributed by atoms with Crippen molar-refractivity contribution in [3.63, 3.8) is 0 Å². The van der Waals surface area contributed by atoms with Crippen molar-refractivity contribution in [3.05, 3.63) is 100 Å². The molecule has 1 aliphatic heterocycles. The maximum atomic E-state index is 13.2. The van der Waals surface area contributed by atoms with E-state index in [0.717, 1.165) is 33.6 Å². The van der Waals surface area contributed by atoms with Crippen LogP contribution in [0.2, 0.25) is 0 Å². The van der Waals surface area contributed by atoms with Crippen LogP contribution in [0.15, 0.2) is 66.7 Å². The molecule has 0 fully saturated rings. The highest BCUT2D eigenvalue weighted by Crippen LogP contribution is 2.37. The molecule has 0 spiro atoms. The van der Waals surface area contributed by atoms with Crippen molar-refractivity contribution >= 4 is 11.9 Å². The average Bonchev–Trinajstić information content (AvgIpc) is 3.13. The van der Waals surface area contributed by atoms with Gasteiger partial charge in [-0.3, -0.25) is 9.59 Å². The lowest BCUT2D eigenvalue weighted by molar-refractivity contribution is -0.144. The third kappa shape index (κ3) is 6.47. The van der Waals surface area contributed by atoms with E-state index in [9.17, 15) is 19.1 Å². The summed E-state index contributed by atoms with van der Waals surface area (Å²) in [6, 6.07) is 20.2. The first-order chi connectivity index (χ1) is 16.7. The Kier molecular flexibility index (Phi) is 7.20. The van der Waals surface area contributed by atoms with Crippen molar-refractivity contribution in [1.29, 1.82) is 0 Å². The van der Waals surface area contributed by atoms with Crippen LogP contribution in [0.4, 0.5) is 4.39 Å². The summed E-state index contributed by atoms with van der Waals surface area (Å²) in [5.74, 6) is -0.721. The van der Waals surface area contributed by atoms with E-state index in [1.165, 1.54) is 17.0 Å². The molecule has 1 atom stereocenters. The Labute approximate surface area is 205 Å². The van der Waals surface area contributed by atoms with Gasteiger partial charge in [0.2, 0.25) is 5.91 Å². The molecule has 1 N–H and O–H groups in total. The number of hydrogen-bond donors (Lipinski definition) is 1. The van der Waals surface area contributed by atoms with Crippen molar-refractivity contribution in [2.75, 3.05) is 13.1 Å². The van der Waals surface area contributed by atoms with Crippen LogP contribution in [0.3, 0.4) is 0 Å². The van der Waals surface area contributed by atoms with Gasteiger partial charge in [-0.2, -0.15) is 0 Å². The maximum Gasteiger partial charge on any atom is 0.323 e. The molecule has 1 aliphatic rings. The third-order valence-electron chi connectivity index (χ3n) is 6.32. The highest BCUT2D eigenvalue weighted by atomic mass is 19.1. The number of carbonyl (C=O) groups is 2. The minimum absolute atomic E-state index is 0.128. The Morgan fingerprint density at radius 1 is 1.03 bits per heavy atom. The zero-order valence-corrected chi connectivity index (χ0v) is 20.1. The Morgan fingerprint density at radius 2 is 1.77 bits per heavy atom. The smallest absolute Gasteiger partial charge is 0.323 e. The lowest BCUT2D eigenvalue weighted by atomic mass is 9.91. The fourth-order valence-electron chi connectivity index (χ4n) is 4.69. The van der Waals surface area contributed by atoms with E-state index in [1.54, 1.807) is 12.1 Å². The van der Waals surface area contributed by atoms with E-state index in [-0.39, 0.29) is 24.7 Å². The molecule has 0 saturated carbocycles. The number of benzene rings is 3. The van der Waals surface area contributed by atoms with Crippen LogP contribution in [0, 0.1) is 12.7 Å². The zero-order chi connectivity index (χ0) is 25.0. The highest BCUT2D eigenvalue weighted by Gasteiger charge is 2.35. The van der Waals surface area contributed by atoms with Gasteiger partial charge in [-0.1, -0.05) is 54.1 Å². The molecule has 0 radical (unpaired) electrons. The molecule has 1 heterocycles. The highest BCUT2D eigenvalue weighted by molar-refractivity contribution is 5.83. The Bertz CT molecular complexity index is 1220. The molecule has 6 heteroatoms. The summed E-state index contributed by atoms with van der Waals surface area (Å²) in [5, 5.41) is 9.33. The number of halogens is 1. The molecule has 0 aliphatic carbocycles. The summed E-state index contributed by atoms with van der Waals surface area (Å²) in [6.07, 6.45) is 2.04. The van der Waals surface area contributed by atoms with E-state index >= 15 is 0 Å². The number of amides is 1. The number of hydrogen-bond acceptors (Lipinski definition) is 3. The van der Waals surface area contributed by atoms with Crippen molar-refractivity contribution in [3.8, 4) is 5.75 Å². The van der Waals surface area contributed by atoms with E-state index in [0.29, 0.717) is 25.8 Å². The number of nitrogens with zero attached hydrogens (tertiary/aromatic N) is 1. The number of ether oxygens (including phenoxy) is 1. The Hall–Kier alpha value is -3.67. The fourth-order valence-corrected chi connectivity index (χ4v) is 4.69. The van der Waals surface area contributed by atoms with Gasteiger partial charge < -0.3 is 14.7 Å². The van der Waals surface area contributed by atoms with Crippen LogP contribution in [0.25, 0.3) is 0 Å². The van der Waals surface area contributed by atoms with Crippen LogP contribution < -0.4 is 4.74 Å². The summed E-state index contributed by atoms with van der Waals surface area (Å²) in [6.45, 7) is 4.06. The molecule has 0 saturated heterocycles. The van der Waals surface area contributed by atoms with E-state index in [1.807, 2.05) is 56.3 Å². The van der Waals surface area contributed by atoms with Crippen molar-refractivity contribution in [2.24, 2.45) is 0 Å². The predicted octanol–water partition coefficient (Wildman–Crippen LogP) is 4.77. The summed E-state index contributed by atoms with van der Waals surface area (Å²) >= 11 is 0. The normalized spacial score (nSPS) is 16.4. The first-order valence-electron chi connectivity index (χ1n) is 11.8. The Balaban J connectivity index is 1.41. The summed E-state index contributed by atoms with van der Waals surface area (Å²) in [7, 11) is 0. The van der Waals surface area contributed by atoms with Gasteiger partial charge in [0.25, 0.3) is 0 Å². The van der Waals surface area contributed by atoms with Gasteiger partial charge in [-0.25, -0.2) is 4.39 Å². The van der Waals surface area contributed by atoms with Crippen molar-refractivity contribution in [1.82, 2.24) is 4.90 Å². The number of carboxylic acid groups (broad SMARTS) is 1. The van der Waals surface area contributed by atoms with Crippen LogP contribution in [-0.2, 0) is 35.3 Å². The van der Waals surface area contributed by atoms with Crippen LogP contribution in [0.1, 0.15) is 34.7 Å². The molecule has 5 nitrogen and oxygen atoms in total. The Morgan fingerprint density at radius 3 is 2.49 bits per heavy atom. The lowest BCUT2D eigenvalue weighted by Crippen LogP contribution is -2.38. The number of aliphatic carboxylic acids is 1. The topological polar surface area (TPSA) is 66.8 Å². The van der Waals surface area contributed by atoms with Crippen LogP contribution in [-0.4, -0.2) is 40.6 Å². The maximum absolute atomic E-state index is 13.2. The molecule has 4 rings (SSSR count). The van der Waals surface area contributed by atoms with Crippen LogP contribution in [0.5, 0.6) is 5.75 Å². The number of fused-ring (bicyclic) bond motifs is 1. The van der Waals surface area contributed by atoms with Gasteiger partial charge in [0.15, 0.2) is 0 Å². The minimum atomic E-state index is -1.03. The second kappa shape index (κ2) is 10.3. The second-order valence-corrected chi connectivity index (χ2v) is 9.60. The monoisotopic (exact) mass is 475 g/mol. The molecular formula is C29H30FNO4. The number of carboxylic acids is 1. The quantitative estimate of drug-likeness (QED) is 0.484. The molecule has 3 aromatic carbocycles. The van der Waals surface area contributed by atoms with Crippen LogP contribution >= 0.6 is 0 Å². The lowest BCUT2D eigenvalue weighted by Gasteiger charge is -2.24. The number of carbonyl (C=O) groups excluding carboxylic acids is 1. The van der Waals surface area contributed by atoms with Gasteiger partial charge in [0, 0.05) is 19.4 Å². The van der Waals surface area contributed by atoms with Gasteiger partial charge >= 0.3 is 5.97 Å². The second-order valence-electron chi connectivity index (χ2n) is 9.60. The minimum Gasteiger partial charge on any atom is -0.487 e. The van der Waals surface area contributed by atoms with E-state index < -0.39 is 11.6 Å². The third-order valence-corrected chi connectivity index (χ3v) is 6.32. The number of rotatable bonds is 9. The molecule has 3 aromatic rings.